The molecule has 0 radical (unpaired) electrons. The molecule has 0 aliphatic rings. The Hall–Kier alpha value is -3.42. The topological polar surface area (TPSA) is 66.9 Å². The third kappa shape index (κ3) is 4.11. The fraction of sp³-hybridized carbons (Fsp3) is 0.150. The van der Waals surface area contributed by atoms with Gasteiger partial charge in [0.05, 0.1) is 18.1 Å². The van der Waals surface area contributed by atoms with Gasteiger partial charge in [-0.1, -0.05) is 32.0 Å². The maximum absolute atomic E-state index is 13.7. The minimum absolute atomic E-state index is 0.0508. The molecule has 2 N–H and O–H groups in total. The molecule has 3 rings (SSSR count). The van der Waals surface area contributed by atoms with Gasteiger partial charge in [0.25, 0.3) is 5.91 Å². The van der Waals surface area contributed by atoms with Gasteiger partial charge in [-0.2, -0.15) is 0 Å². The second-order valence-electron chi connectivity index (χ2n) is 6.33. The smallest absolute Gasteiger partial charge is 0.275 e. The van der Waals surface area contributed by atoms with Gasteiger partial charge in [-0.3, -0.25) is 4.79 Å². The fourth-order valence-corrected chi connectivity index (χ4v) is 2.57. The zero-order valence-electron chi connectivity index (χ0n) is 15.1. The monoisotopic (exact) mass is 386 g/mol. The lowest BCUT2D eigenvalue weighted by Crippen LogP contribution is -2.15. The Balaban J connectivity index is 1.74. The Morgan fingerprint density at radius 1 is 0.929 bits per heavy atom. The molecule has 0 aliphatic carbocycles. The zero-order chi connectivity index (χ0) is 20.3. The van der Waals surface area contributed by atoms with E-state index < -0.39 is 23.4 Å². The molecule has 0 bridgehead atoms. The van der Waals surface area contributed by atoms with Gasteiger partial charge in [-0.15, -0.1) is 0 Å². The van der Waals surface area contributed by atoms with Crippen molar-refractivity contribution in [2.24, 2.45) is 0 Å². The molecule has 0 aliphatic heterocycles. The molecule has 3 aromatic rings. The van der Waals surface area contributed by atoms with Crippen LogP contribution in [0.4, 0.5) is 30.4 Å². The van der Waals surface area contributed by atoms with E-state index >= 15 is 0 Å². The van der Waals surface area contributed by atoms with E-state index in [-0.39, 0.29) is 23.1 Å². The van der Waals surface area contributed by atoms with E-state index in [4.69, 9.17) is 0 Å². The molecule has 0 fully saturated rings. The molecule has 28 heavy (non-hydrogen) atoms. The van der Waals surface area contributed by atoms with Crippen LogP contribution in [-0.2, 0) is 0 Å². The summed E-state index contributed by atoms with van der Waals surface area (Å²) in [6.07, 6.45) is 2.40. The number of halogens is 3. The van der Waals surface area contributed by atoms with Crippen molar-refractivity contribution < 1.29 is 18.0 Å². The predicted molar refractivity (Wildman–Crippen MR) is 100 cm³/mol. The summed E-state index contributed by atoms with van der Waals surface area (Å²) in [5.41, 5.74) is 1.41. The van der Waals surface area contributed by atoms with E-state index in [2.05, 4.69) is 20.6 Å². The molecule has 0 saturated carbocycles. The Labute approximate surface area is 159 Å². The van der Waals surface area contributed by atoms with E-state index in [1.54, 1.807) is 6.07 Å². The maximum atomic E-state index is 13.7. The Morgan fingerprint density at radius 2 is 1.68 bits per heavy atom. The summed E-state index contributed by atoms with van der Waals surface area (Å²) in [5, 5.41) is 5.28. The highest BCUT2D eigenvalue weighted by Gasteiger charge is 2.15. The highest BCUT2D eigenvalue weighted by atomic mass is 19.2. The summed E-state index contributed by atoms with van der Waals surface area (Å²) in [6, 6.07) is 9.26. The van der Waals surface area contributed by atoms with Crippen molar-refractivity contribution in [3.05, 3.63) is 77.5 Å². The van der Waals surface area contributed by atoms with E-state index in [1.165, 1.54) is 12.4 Å². The van der Waals surface area contributed by atoms with Gasteiger partial charge in [-0.05, 0) is 29.7 Å². The van der Waals surface area contributed by atoms with E-state index in [0.717, 1.165) is 17.7 Å². The summed E-state index contributed by atoms with van der Waals surface area (Å²) in [4.78, 5) is 20.4. The van der Waals surface area contributed by atoms with Crippen molar-refractivity contribution in [2.75, 3.05) is 10.6 Å². The summed E-state index contributed by atoms with van der Waals surface area (Å²) in [5.74, 6) is -4.40. The van der Waals surface area contributed by atoms with Crippen LogP contribution in [0.15, 0.2) is 48.8 Å². The molecule has 2 aromatic carbocycles. The van der Waals surface area contributed by atoms with Crippen LogP contribution in [0.2, 0.25) is 0 Å². The van der Waals surface area contributed by atoms with Gasteiger partial charge >= 0.3 is 0 Å². The lowest BCUT2D eigenvalue weighted by molar-refractivity contribution is 0.102. The van der Waals surface area contributed by atoms with Crippen LogP contribution >= 0.6 is 0 Å². The molecule has 0 atom stereocenters. The van der Waals surface area contributed by atoms with Crippen LogP contribution in [0, 0.1) is 17.5 Å². The number of carbonyl (C=O) groups excluding carboxylic acids is 1. The molecular weight excluding hydrogens is 369 g/mol. The zero-order valence-corrected chi connectivity index (χ0v) is 15.1. The van der Waals surface area contributed by atoms with Crippen molar-refractivity contribution in [1.29, 1.82) is 0 Å². The molecular formula is C20H17F3N4O. The summed E-state index contributed by atoms with van der Waals surface area (Å²) < 4.78 is 40.0. The van der Waals surface area contributed by atoms with Crippen molar-refractivity contribution >= 4 is 23.1 Å². The first-order valence-electron chi connectivity index (χ1n) is 8.49. The van der Waals surface area contributed by atoms with Gasteiger partial charge in [0, 0.05) is 5.69 Å². The van der Waals surface area contributed by atoms with Crippen molar-refractivity contribution in [3.8, 4) is 0 Å². The first kappa shape index (κ1) is 19.3. The van der Waals surface area contributed by atoms with Crippen molar-refractivity contribution in [1.82, 2.24) is 9.97 Å². The quantitative estimate of drug-likeness (QED) is 0.605. The molecule has 1 amide bonds. The number of carbonyl (C=O) groups is 1. The van der Waals surface area contributed by atoms with Gasteiger partial charge < -0.3 is 10.6 Å². The number of rotatable bonds is 5. The normalized spacial score (nSPS) is 10.8. The molecule has 1 aromatic heterocycles. The molecule has 0 spiro atoms. The van der Waals surface area contributed by atoms with Gasteiger partial charge in [-0.25, -0.2) is 23.1 Å². The van der Waals surface area contributed by atoms with Crippen molar-refractivity contribution in [3.63, 3.8) is 0 Å². The van der Waals surface area contributed by atoms with E-state index in [9.17, 15) is 18.0 Å². The highest BCUT2D eigenvalue weighted by Crippen LogP contribution is 2.24. The molecule has 144 valence electrons. The number of nitrogens with one attached hydrogen (secondary N) is 2. The number of benzene rings is 2. The molecule has 5 nitrogen and oxygen atoms in total. The van der Waals surface area contributed by atoms with Crippen LogP contribution in [0.1, 0.15) is 35.8 Å². The number of anilines is 3. The third-order valence-corrected chi connectivity index (χ3v) is 4.01. The second-order valence-corrected chi connectivity index (χ2v) is 6.33. The molecule has 0 saturated heterocycles. The maximum Gasteiger partial charge on any atom is 0.275 e. The lowest BCUT2D eigenvalue weighted by atomic mass is 10.0. The predicted octanol–water partition coefficient (Wildman–Crippen LogP) is 5.01. The number of amides is 1. The number of hydrogen-bond donors (Lipinski definition) is 2. The minimum Gasteiger partial charge on any atom is -0.336 e. The number of nitrogens with zero attached hydrogens (tertiary/aromatic N) is 2. The number of para-hydroxylation sites is 1. The van der Waals surface area contributed by atoms with Crippen LogP contribution < -0.4 is 10.6 Å². The largest absolute Gasteiger partial charge is 0.336 e. The van der Waals surface area contributed by atoms with Gasteiger partial charge in [0.15, 0.2) is 17.5 Å². The van der Waals surface area contributed by atoms with E-state index in [1.807, 2.05) is 32.0 Å². The van der Waals surface area contributed by atoms with Crippen LogP contribution in [0.25, 0.3) is 0 Å². The first-order valence-corrected chi connectivity index (χ1v) is 8.49. The Kier molecular flexibility index (Phi) is 5.58. The van der Waals surface area contributed by atoms with Crippen LogP contribution in [0.3, 0.4) is 0 Å². The average molecular weight is 386 g/mol. The SMILES string of the molecule is CC(C)c1ccccc1NC(=O)c1cnc(Nc2ccc(F)c(F)c2F)cn1. The highest BCUT2D eigenvalue weighted by molar-refractivity contribution is 6.03. The summed E-state index contributed by atoms with van der Waals surface area (Å²) in [6.45, 7) is 4.03. The second kappa shape index (κ2) is 8.08. The number of hydrogen-bond acceptors (Lipinski definition) is 4. The Morgan fingerprint density at radius 3 is 2.36 bits per heavy atom. The van der Waals surface area contributed by atoms with E-state index in [0.29, 0.717) is 5.69 Å². The van der Waals surface area contributed by atoms with Gasteiger partial charge in [0.2, 0.25) is 0 Å². The van der Waals surface area contributed by atoms with Crippen LogP contribution in [0.5, 0.6) is 0 Å². The first-order chi connectivity index (χ1) is 13.4. The third-order valence-electron chi connectivity index (χ3n) is 4.01. The van der Waals surface area contributed by atoms with Gasteiger partial charge in [0.1, 0.15) is 11.5 Å². The summed E-state index contributed by atoms with van der Waals surface area (Å²) in [7, 11) is 0. The number of aromatic nitrogens is 2. The minimum atomic E-state index is -1.59. The standard InChI is InChI=1S/C20H17F3N4O/c1-11(2)12-5-3-4-6-14(12)27-20(28)16-9-25-17(10-24-16)26-15-8-7-13(21)18(22)19(15)23/h3-11H,1-2H3,(H,25,26)(H,27,28). The van der Waals surface area contributed by atoms with Crippen LogP contribution in [-0.4, -0.2) is 15.9 Å². The molecule has 8 heteroatoms. The van der Waals surface area contributed by atoms with Crippen molar-refractivity contribution in [2.45, 2.75) is 19.8 Å². The fourth-order valence-electron chi connectivity index (χ4n) is 2.57. The average Bonchev–Trinajstić information content (AvgIpc) is 2.69. The lowest BCUT2D eigenvalue weighted by Gasteiger charge is -2.13. The molecule has 1 heterocycles. The molecule has 0 unspecified atom stereocenters. The Bertz CT molecular complexity index is 1010. The summed E-state index contributed by atoms with van der Waals surface area (Å²) >= 11 is 0.